The monoisotopic (exact) mass is 314 g/mol. The number of allylic oxidation sites excluding steroid dienone is 11. The molecule has 0 aromatic heterocycles. The Morgan fingerprint density at radius 3 is 1.58 bits per heavy atom. The van der Waals surface area contributed by atoms with Crippen molar-refractivity contribution in [2.24, 2.45) is 0 Å². The molecule has 0 fully saturated rings. The molecular formula is C22H22N2. The summed E-state index contributed by atoms with van der Waals surface area (Å²) in [6.45, 7) is 0. The van der Waals surface area contributed by atoms with Crippen molar-refractivity contribution >= 4 is 5.69 Å². The van der Waals surface area contributed by atoms with Gasteiger partial charge in [0.2, 0.25) is 0 Å². The minimum atomic E-state index is 0.958. The van der Waals surface area contributed by atoms with Crippen molar-refractivity contribution in [1.29, 1.82) is 0 Å². The summed E-state index contributed by atoms with van der Waals surface area (Å²) in [6, 6.07) is 18.0. The first-order valence-corrected chi connectivity index (χ1v) is 7.90. The van der Waals surface area contributed by atoms with E-state index in [2.05, 4.69) is 10.9 Å². The first kappa shape index (κ1) is 17.1. The Labute approximate surface area is 144 Å². The van der Waals surface area contributed by atoms with Crippen LogP contribution in [0.1, 0.15) is 0 Å². The second kappa shape index (κ2) is 11.3. The quantitative estimate of drug-likeness (QED) is 0.729. The molecule has 0 saturated carbocycles. The summed E-state index contributed by atoms with van der Waals surface area (Å²) >= 11 is 0. The van der Waals surface area contributed by atoms with Gasteiger partial charge in [-0.2, -0.15) is 0 Å². The van der Waals surface area contributed by atoms with Gasteiger partial charge in [0.1, 0.15) is 0 Å². The summed E-state index contributed by atoms with van der Waals surface area (Å²) in [4.78, 5) is 0. The smallest absolute Gasteiger partial charge is 0.0539 e. The van der Waals surface area contributed by atoms with Crippen molar-refractivity contribution in [3.63, 3.8) is 0 Å². The predicted octanol–water partition coefficient (Wildman–Crippen LogP) is 5.41. The molecule has 1 aromatic rings. The molecule has 2 nitrogen and oxygen atoms in total. The van der Waals surface area contributed by atoms with Gasteiger partial charge in [0.15, 0.2) is 0 Å². The Morgan fingerprint density at radius 1 is 0.458 bits per heavy atom. The summed E-state index contributed by atoms with van der Waals surface area (Å²) in [7, 11) is 0. The normalized spacial score (nSPS) is 19.4. The van der Waals surface area contributed by atoms with Gasteiger partial charge in [0.25, 0.3) is 0 Å². The molecule has 2 rings (SSSR count). The van der Waals surface area contributed by atoms with Crippen LogP contribution in [0.25, 0.3) is 0 Å². The van der Waals surface area contributed by atoms with E-state index in [-0.39, 0.29) is 0 Å². The zero-order valence-corrected chi connectivity index (χ0v) is 13.5. The zero-order chi connectivity index (χ0) is 16.7. The summed E-state index contributed by atoms with van der Waals surface area (Å²) < 4.78 is 0. The molecular weight excluding hydrogens is 292 g/mol. The van der Waals surface area contributed by atoms with Crippen molar-refractivity contribution in [2.75, 3.05) is 5.43 Å². The number of hydrogen-bond donors (Lipinski definition) is 2. The molecule has 1 aliphatic carbocycles. The minimum absolute atomic E-state index is 0.958. The number of anilines is 1. The SMILES string of the molecule is C1=C\C=C/C=C\C(NNc2ccccccccc2)=C/C=C\C=C1. The lowest BCUT2D eigenvalue weighted by Gasteiger charge is -2.09. The van der Waals surface area contributed by atoms with Gasteiger partial charge in [-0.05, 0) is 24.3 Å². The van der Waals surface area contributed by atoms with Crippen molar-refractivity contribution in [3.05, 3.63) is 127 Å². The first-order chi connectivity index (χ1) is 11.9. The highest BCUT2D eigenvalue weighted by atomic mass is 15.4. The Bertz CT molecular complexity index is 708. The summed E-state index contributed by atoms with van der Waals surface area (Å²) in [5, 5.41) is 0. The van der Waals surface area contributed by atoms with Crippen LogP contribution in [0.4, 0.5) is 5.69 Å². The van der Waals surface area contributed by atoms with E-state index in [1.54, 1.807) is 0 Å². The fourth-order valence-corrected chi connectivity index (χ4v) is 1.83. The van der Waals surface area contributed by atoms with Crippen LogP contribution in [-0.2, 0) is 0 Å². The first-order valence-electron chi connectivity index (χ1n) is 7.90. The van der Waals surface area contributed by atoms with Gasteiger partial charge in [-0.15, -0.1) is 0 Å². The Hall–Kier alpha value is -3.26. The molecule has 1 aliphatic rings. The maximum atomic E-state index is 3.23. The van der Waals surface area contributed by atoms with Crippen LogP contribution in [0.5, 0.6) is 0 Å². The van der Waals surface area contributed by atoms with Crippen molar-refractivity contribution < 1.29 is 0 Å². The van der Waals surface area contributed by atoms with E-state index in [4.69, 9.17) is 0 Å². The average molecular weight is 314 g/mol. The minimum Gasteiger partial charge on any atom is -0.301 e. The molecule has 0 unspecified atom stereocenters. The maximum absolute atomic E-state index is 3.23. The lowest BCUT2D eigenvalue weighted by Crippen LogP contribution is -2.19. The number of hydrazine groups is 1. The second-order valence-electron chi connectivity index (χ2n) is 4.91. The molecule has 120 valence electrons. The van der Waals surface area contributed by atoms with Gasteiger partial charge in [0.05, 0.1) is 11.4 Å². The van der Waals surface area contributed by atoms with E-state index in [1.165, 1.54) is 0 Å². The average Bonchev–Trinajstić information content (AvgIpc) is 2.59. The second-order valence-corrected chi connectivity index (χ2v) is 4.91. The van der Waals surface area contributed by atoms with E-state index >= 15 is 0 Å². The molecule has 0 bridgehead atoms. The number of hydrogen-bond acceptors (Lipinski definition) is 2. The largest absolute Gasteiger partial charge is 0.301 e. The van der Waals surface area contributed by atoms with E-state index in [0.29, 0.717) is 0 Å². The molecule has 0 saturated heterocycles. The van der Waals surface area contributed by atoms with E-state index in [9.17, 15) is 0 Å². The molecule has 0 atom stereocenters. The molecule has 1 aromatic carbocycles. The van der Waals surface area contributed by atoms with E-state index < -0.39 is 0 Å². The van der Waals surface area contributed by atoms with Crippen LogP contribution in [0.15, 0.2) is 127 Å². The van der Waals surface area contributed by atoms with Crippen LogP contribution in [-0.4, -0.2) is 0 Å². The molecule has 0 amide bonds. The number of nitrogens with one attached hydrogen (secondary N) is 2. The lowest BCUT2D eigenvalue weighted by atomic mass is 10.3. The topological polar surface area (TPSA) is 24.1 Å². The van der Waals surface area contributed by atoms with Crippen molar-refractivity contribution in [3.8, 4) is 0 Å². The summed E-state index contributed by atoms with van der Waals surface area (Å²) in [5.74, 6) is 0. The highest BCUT2D eigenvalue weighted by Crippen LogP contribution is 2.03. The van der Waals surface area contributed by atoms with Crippen molar-refractivity contribution in [1.82, 2.24) is 5.43 Å². The summed E-state index contributed by atoms with van der Waals surface area (Å²) in [6.07, 6.45) is 22.0. The predicted molar refractivity (Wildman–Crippen MR) is 105 cm³/mol. The van der Waals surface area contributed by atoms with E-state index in [0.717, 1.165) is 11.4 Å². The van der Waals surface area contributed by atoms with Crippen LogP contribution < -0.4 is 10.9 Å². The van der Waals surface area contributed by atoms with Gasteiger partial charge in [-0.25, -0.2) is 0 Å². The zero-order valence-electron chi connectivity index (χ0n) is 13.5. The Balaban J connectivity index is 2.11. The number of rotatable bonds is 3. The standard InChI is InChI=1S/C22H22N2/c1-2-5-9-13-17-21(18-14-10-6-3-1)23-24-22-19-15-11-7-4-8-12-16-20-22/h1-20,23-24H/b2-1?,3-1?,5-2?,6-3?,7-4?,8-4?,9-5-,10-6?,11-7?,12-8?,13-9?,14-10-,15-11?,16-12?,17-13-,18-14?,19-15?,20-16?,21-17?,21-18+,22-19?,22-20?. The third-order valence-corrected chi connectivity index (χ3v) is 3.01. The molecule has 2 N–H and O–H groups in total. The van der Waals surface area contributed by atoms with Gasteiger partial charge in [0, 0.05) is 0 Å². The van der Waals surface area contributed by atoms with Crippen LogP contribution in [0.2, 0.25) is 0 Å². The fourth-order valence-electron chi connectivity index (χ4n) is 1.83. The van der Waals surface area contributed by atoms with Gasteiger partial charge in [-0.1, -0.05) is 97.1 Å². The molecule has 0 radical (unpaired) electrons. The fraction of sp³-hybridized carbons (Fsp3) is 0. The maximum Gasteiger partial charge on any atom is 0.0539 e. The van der Waals surface area contributed by atoms with Gasteiger partial charge in [-0.3, -0.25) is 0 Å². The van der Waals surface area contributed by atoms with Gasteiger partial charge < -0.3 is 10.9 Å². The highest BCUT2D eigenvalue weighted by Gasteiger charge is 1.90. The molecule has 0 spiro atoms. The lowest BCUT2D eigenvalue weighted by molar-refractivity contribution is 0.999. The molecule has 2 heteroatoms. The summed E-state index contributed by atoms with van der Waals surface area (Å²) in [5.41, 5.74) is 8.38. The van der Waals surface area contributed by atoms with Crippen LogP contribution in [0, 0.1) is 0 Å². The highest BCUT2D eigenvalue weighted by molar-refractivity contribution is 5.41. The van der Waals surface area contributed by atoms with E-state index in [1.807, 2.05) is 121 Å². The van der Waals surface area contributed by atoms with Crippen molar-refractivity contribution in [2.45, 2.75) is 0 Å². The molecule has 0 aliphatic heterocycles. The van der Waals surface area contributed by atoms with Crippen LogP contribution >= 0.6 is 0 Å². The third-order valence-electron chi connectivity index (χ3n) is 3.01. The third kappa shape index (κ3) is 7.66. The Kier molecular flexibility index (Phi) is 8.07. The van der Waals surface area contributed by atoms with Crippen LogP contribution in [0.3, 0.4) is 0 Å². The molecule has 0 heterocycles. The Morgan fingerprint density at radius 2 is 0.958 bits per heavy atom. The van der Waals surface area contributed by atoms with Gasteiger partial charge >= 0.3 is 0 Å². The molecule has 24 heavy (non-hydrogen) atoms.